The van der Waals surface area contributed by atoms with Crippen LogP contribution in [0.3, 0.4) is 0 Å². The molecule has 1 unspecified atom stereocenters. The van der Waals surface area contributed by atoms with E-state index < -0.39 is 22.1 Å². The Labute approximate surface area is 201 Å². The van der Waals surface area contributed by atoms with Crippen molar-refractivity contribution in [2.24, 2.45) is 5.92 Å². The van der Waals surface area contributed by atoms with Gasteiger partial charge >= 0.3 is 6.03 Å². The van der Waals surface area contributed by atoms with Crippen molar-refractivity contribution in [3.05, 3.63) is 60.2 Å². The van der Waals surface area contributed by atoms with Gasteiger partial charge in [-0.1, -0.05) is 44.2 Å². The minimum absolute atomic E-state index is 0.129. The number of nitrogens with one attached hydrogen (secondary N) is 2. The quantitative estimate of drug-likeness (QED) is 0.591. The number of amides is 3. The van der Waals surface area contributed by atoms with Crippen LogP contribution >= 0.6 is 0 Å². The number of sulfonamides is 1. The molecule has 0 saturated carbocycles. The number of carbonyl (C=O) groups is 2. The van der Waals surface area contributed by atoms with Crippen molar-refractivity contribution in [1.29, 1.82) is 0 Å². The summed E-state index contributed by atoms with van der Waals surface area (Å²) < 4.78 is 32.4. The smallest absolute Gasteiger partial charge is 0.315 e. The molecule has 0 aliphatic carbocycles. The Balaban J connectivity index is 1.56. The van der Waals surface area contributed by atoms with Crippen LogP contribution in [0.15, 0.2) is 59.5 Å². The van der Waals surface area contributed by atoms with E-state index >= 15 is 0 Å². The highest BCUT2D eigenvalue weighted by Gasteiger charge is 2.34. The van der Waals surface area contributed by atoms with Crippen molar-refractivity contribution in [2.45, 2.75) is 31.3 Å². The maximum absolute atomic E-state index is 13.1. The van der Waals surface area contributed by atoms with E-state index in [0.29, 0.717) is 12.3 Å². The number of carbonyl (C=O) groups excluding carboxylic acids is 2. The predicted octanol–water partition coefficient (Wildman–Crippen LogP) is 2.05. The summed E-state index contributed by atoms with van der Waals surface area (Å²) in [6.45, 7) is 4.97. The van der Waals surface area contributed by atoms with Crippen molar-refractivity contribution in [2.75, 3.05) is 33.3 Å². The number of benzene rings is 2. The van der Waals surface area contributed by atoms with Crippen molar-refractivity contribution >= 4 is 22.0 Å². The Morgan fingerprint density at radius 1 is 0.971 bits per heavy atom. The Kier molecular flexibility index (Phi) is 8.51. The zero-order chi connectivity index (χ0) is 24.7. The zero-order valence-corrected chi connectivity index (χ0v) is 20.5. The highest BCUT2D eigenvalue weighted by Crippen LogP contribution is 2.21. The summed E-state index contributed by atoms with van der Waals surface area (Å²) >= 11 is 0. The molecule has 0 spiro atoms. The van der Waals surface area contributed by atoms with E-state index in [1.165, 1.54) is 23.5 Å². The zero-order valence-electron chi connectivity index (χ0n) is 19.7. The number of hydrogen-bond donors (Lipinski definition) is 2. The standard InChI is InChI=1S/C24H32N4O5S/c1-18(2)22(26-24(30)25-17-19-7-5-4-6-8-19)23(29)27-13-15-28(16-14-27)34(31,32)21-11-9-20(33-3)10-12-21/h4-12,18,22H,13-17H2,1-3H3,(H2,25,26,30). The van der Waals surface area contributed by atoms with Gasteiger partial charge in [0.2, 0.25) is 15.9 Å². The van der Waals surface area contributed by atoms with E-state index in [4.69, 9.17) is 4.74 Å². The van der Waals surface area contributed by atoms with Gasteiger partial charge in [-0.15, -0.1) is 0 Å². The molecule has 1 saturated heterocycles. The fourth-order valence-electron chi connectivity index (χ4n) is 3.73. The van der Waals surface area contributed by atoms with Gasteiger partial charge < -0.3 is 20.3 Å². The topological polar surface area (TPSA) is 108 Å². The van der Waals surface area contributed by atoms with Crippen molar-refractivity contribution in [3.8, 4) is 5.75 Å². The molecule has 3 rings (SSSR count). The number of nitrogens with zero attached hydrogens (tertiary/aromatic N) is 2. The van der Waals surface area contributed by atoms with Crippen molar-refractivity contribution in [3.63, 3.8) is 0 Å². The third-order valence-electron chi connectivity index (χ3n) is 5.76. The molecular weight excluding hydrogens is 456 g/mol. The minimum atomic E-state index is -3.67. The van der Waals surface area contributed by atoms with Gasteiger partial charge in [0, 0.05) is 32.7 Å². The summed E-state index contributed by atoms with van der Waals surface area (Å²) in [5.41, 5.74) is 0.958. The van der Waals surface area contributed by atoms with Crippen LogP contribution < -0.4 is 15.4 Å². The molecule has 1 aliphatic rings. The summed E-state index contributed by atoms with van der Waals surface area (Å²) in [5.74, 6) is 0.233. The molecule has 1 fully saturated rings. The highest BCUT2D eigenvalue weighted by molar-refractivity contribution is 7.89. The molecule has 1 atom stereocenters. The van der Waals surface area contributed by atoms with Gasteiger partial charge in [-0.3, -0.25) is 4.79 Å². The van der Waals surface area contributed by atoms with Crippen LogP contribution in [0, 0.1) is 5.92 Å². The van der Waals surface area contributed by atoms with Gasteiger partial charge in [-0.05, 0) is 35.7 Å². The lowest BCUT2D eigenvalue weighted by atomic mass is 10.0. The fourth-order valence-corrected chi connectivity index (χ4v) is 5.15. The monoisotopic (exact) mass is 488 g/mol. The normalized spacial score (nSPS) is 15.6. The van der Waals surface area contributed by atoms with Crippen LogP contribution in [-0.4, -0.2) is 68.9 Å². The molecule has 1 aliphatic heterocycles. The largest absolute Gasteiger partial charge is 0.497 e. The van der Waals surface area contributed by atoms with Gasteiger partial charge in [-0.2, -0.15) is 4.31 Å². The Hall–Kier alpha value is -3.11. The molecule has 34 heavy (non-hydrogen) atoms. The highest BCUT2D eigenvalue weighted by atomic mass is 32.2. The van der Waals surface area contributed by atoms with Crippen LogP contribution in [0.5, 0.6) is 5.75 Å². The van der Waals surface area contributed by atoms with Crippen LogP contribution in [-0.2, 0) is 21.4 Å². The molecule has 3 amide bonds. The lowest BCUT2D eigenvalue weighted by Crippen LogP contribution is -2.58. The second-order valence-electron chi connectivity index (χ2n) is 8.44. The van der Waals surface area contributed by atoms with E-state index in [9.17, 15) is 18.0 Å². The number of ether oxygens (including phenoxy) is 1. The molecule has 0 bridgehead atoms. The van der Waals surface area contributed by atoms with Crippen LogP contribution in [0.2, 0.25) is 0 Å². The van der Waals surface area contributed by atoms with Crippen LogP contribution in [0.1, 0.15) is 19.4 Å². The summed E-state index contributed by atoms with van der Waals surface area (Å²) in [6.07, 6.45) is 0. The van der Waals surface area contributed by atoms with Crippen LogP contribution in [0.4, 0.5) is 4.79 Å². The van der Waals surface area contributed by atoms with Gasteiger partial charge in [0.15, 0.2) is 0 Å². The first-order valence-corrected chi connectivity index (χ1v) is 12.7. The van der Waals surface area contributed by atoms with E-state index in [-0.39, 0.29) is 42.9 Å². The molecule has 1 heterocycles. The second kappa shape index (κ2) is 11.3. The van der Waals surface area contributed by atoms with Gasteiger partial charge in [0.1, 0.15) is 11.8 Å². The molecule has 2 N–H and O–H groups in total. The first kappa shape index (κ1) is 25.5. The second-order valence-corrected chi connectivity index (χ2v) is 10.4. The van der Waals surface area contributed by atoms with Crippen LogP contribution in [0.25, 0.3) is 0 Å². The molecule has 184 valence electrons. The number of piperazine rings is 1. The number of urea groups is 1. The van der Waals surface area contributed by atoms with Gasteiger partial charge in [0.25, 0.3) is 0 Å². The lowest BCUT2D eigenvalue weighted by molar-refractivity contribution is -0.135. The Bertz CT molecular complexity index is 1070. The number of hydrogen-bond acceptors (Lipinski definition) is 5. The Morgan fingerprint density at radius 2 is 1.59 bits per heavy atom. The lowest BCUT2D eigenvalue weighted by Gasteiger charge is -2.36. The maximum atomic E-state index is 13.1. The summed E-state index contributed by atoms with van der Waals surface area (Å²) in [6, 6.07) is 14.6. The third kappa shape index (κ3) is 6.27. The number of rotatable bonds is 8. The molecule has 9 nitrogen and oxygen atoms in total. The predicted molar refractivity (Wildman–Crippen MR) is 129 cm³/mol. The molecule has 10 heteroatoms. The maximum Gasteiger partial charge on any atom is 0.315 e. The van der Waals surface area contributed by atoms with E-state index in [1.807, 2.05) is 44.2 Å². The van der Waals surface area contributed by atoms with E-state index in [2.05, 4.69) is 10.6 Å². The molecule has 0 aromatic heterocycles. The molecule has 2 aromatic rings. The molecule has 2 aromatic carbocycles. The molecular formula is C24H32N4O5S. The average Bonchev–Trinajstić information content (AvgIpc) is 2.86. The number of methoxy groups -OCH3 is 1. The Morgan fingerprint density at radius 3 is 2.15 bits per heavy atom. The minimum Gasteiger partial charge on any atom is -0.497 e. The van der Waals surface area contributed by atoms with Gasteiger partial charge in [0.05, 0.1) is 12.0 Å². The van der Waals surface area contributed by atoms with E-state index in [1.54, 1.807) is 17.0 Å². The SMILES string of the molecule is COc1ccc(S(=O)(=O)N2CCN(C(=O)C(NC(=O)NCc3ccccc3)C(C)C)CC2)cc1. The van der Waals surface area contributed by atoms with Crippen molar-refractivity contribution < 1.29 is 22.7 Å². The fraction of sp³-hybridized carbons (Fsp3) is 0.417. The summed E-state index contributed by atoms with van der Waals surface area (Å²) in [4.78, 5) is 27.4. The first-order valence-electron chi connectivity index (χ1n) is 11.2. The van der Waals surface area contributed by atoms with Crippen molar-refractivity contribution in [1.82, 2.24) is 19.8 Å². The average molecular weight is 489 g/mol. The van der Waals surface area contributed by atoms with Gasteiger partial charge in [-0.25, -0.2) is 13.2 Å². The van der Waals surface area contributed by atoms with E-state index in [0.717, 1.165) is 5.56 Å². The third-order valence-corrected chi connectivity index (χ3v) is 7.68. The molecule has 0 radical (unpaired) electrons. The summed E-state index contributed by atoms with van der Waals surface area (Å²) in [5, 5.41) is 5.56. The summed E-state index contributed by atoms with van der Waals surface area (Å²) in [7, 11) is -2.15. The first-order chi connectivity index (χ1) is 16.2.